The zero-order chi connectivity index (χ0) is 16.9. The van der Waals surface area contributed by atoms with E-state index in [0.717, 1.165) is 18.6 Å². The van der Waals surface area contributed by atoms with E-state index in [-0.39, 0.29) is 18.8 Å². The second-order valence-corrected chi connectivity index (χ2v) is 7.71. The molecule has 0 amide bonds. The molecule has 2 fully saturated rings. The summed E-state index contributed by atoms with van der Waals surface area (Å²) in [5.41, 5.74) is -0.714. The standard InChI is InChI=1S/C15H26F3N3OS/c1-19-13(21-9-14(22)5-6-23-10-14)20-8-11-3-2-4-12(7-11)15(16,17)18/h11-12,22H,2-10H2,1H3,(H2,19,20,21). The summed E-state index contributed by atoms with van der Waals surface area (Å²) in [5.74, 6) is 1.04. The lowest BCUT2D eigenvalue weighted by atomic mass is 9.81. The van der Waals surface area contributed by atoms with Gasteiger partial charge in [0.25, 0.3) is 0 Å². The first-order chi connectivity index (χ1) is 10.8. The first kappa shape index (κ1) is 18.7. The van der Waals surface area contributed by atoms with E-state index in [9.17, 15) is 18.3 Å². The van der Waals surface area contributed by atoms with Crippen molar-refractivity contribution in [1.29, 1.82) is 0 Å². The van der Waals surface area contributed by atoms with Gasteiger partial charge >= 0.3 is 6.18 Å². The SMILES string of the molecule is CN=C(NCC1CCCC(C(F)(F)F)C1)NCC1(O)CCSC1. The Balaban J connectivity index is 1.74. The van der Waals surface area contributed by atoms with Gasteiger partial charge in [0.1, 0.15) is 0 Å². The zero-order valence-corrected chi connectivity index (χ0v) is 14.3. The van der Waals surface area contributed by atoms with Crippen molar-refractivity contribution in [3.63, 3.8) is 0 Å². The van der Waals surface area contributed by atoms with Gasteiger partial charge in [-0.15, -0.1) is 0 Å². The molecule has 0 radical (unpaired) electrons. The van der Waals surface area contributed by atoms with Crippen molar-refractivity contribution in [1.82, 2.24) is 10.6 Å². The van der Waals surface area contributed by atoms with Crippen molar-refractivity contribution >= 4 is 17.7 Å². The van der Waals surface area contributed by atoms with E-state index in [1.54, 1.807) is 18.8 Å². The normalized spacial score (nSPS) is 32.8. The van der Waals surface area contributed by atoms with Crippen LogP contribution in [0, 0.1) is 11.8 Å². The van der Waals surface area contributed by atoms with E-state index >= 15 is 0 Å². The molecule has 0 bridgehead atoms. The van der Waals surface area contributed by atoms with Gasteiger partial charge < -0.3 is 15.7 Å². The number of rotatable bonds is 4. The minimum absolute atomic E-state index is 0.0130. The second-order valence-electron chi connectivity index (χ2n) is 6.60. The van der Waals surface area contributed by atoms with Gasteiger partial charge in [0.15, 0.2) is 5.96 Å². The molecule has 1 heterocycles. The summed E-state index contributed by atoms with van der Waals surface area (Å²) in [4.78, 5) is 4.09. The largest absolute Gasteiger partial charge is 0.391 e. The summed E-state index contributed by atoms with van der Waals surface area (Å²) in [7, 11) is 1.63. The zero-order valence-electron chi connectivity index (χ0n) is 13.5. The Hall–Kier alpha value is -0.630. The molecule has 1 saturated carbocycles. The third-order valence-corrected chi connectivity index (χ3v) is 5.93. The smallest absolute Gasteiger partial charge is 0.387 e. The van der Waals surface area contributed by atoms with Crippen molar-refractivity contribution < 1.29 is 18.3 Å². The van der Waals surface area contributed by atoms with Gasteiger partial charge in [0, 0.05) is 25.9 Å². The van der Waals surface area contributed by atoms with Crippen LogP contribution in [0.2, 0.25) is 0 Å². The van der Waals surface area contributed by atoms with Crippen molar-refractivity contribution in [2.24, 2.45) is 16.8 Å². The fourth-order valence-corrected chi connectivity index (χ4v) is 4.51. The van der Waals surface area contributed by atoms with E-state index in [4.69, 9.17) is 0 Å². The molecule has 3 unspecified atom stereocenters. The minimum Gasteiger partial charge on any atom is -0.387 e. The molecule has 4 nitrogen and oxygen atoms in total. The Morgan fingerprint density at radius 2 is 2.13 bits per heavy atom. The molecule has 0 spiro atoms. The molecule has 0 aromatic heterocycles. The van der Waals surface area contributed by atoms with Gasteiger partial charge in [-0.3, -0.25) is 4.99 Å². The van der Waals surface area contributed by atoms with Crippen LogP contribution >= 0.6 is 11.8 Å². The summed E-state index contributed by atoms with van der Waals surface area (Å²) >= 11 is 1.72. The Bertz CT molecular complexity index is 411. The number of aliphatic imine (C=N–C) groups is 1. The fourth-order valence-electron chi connectivity index (χ4n) is 3.22. The van der Waals surface area contributed by atoms with E-state index < -0.39 is 17.7 Å². The maximum Gasteiger partial charge on any atom is 0.391 e. The van der Waals surface area contributed by atoms with Crippen molar-refractivity contribution in [3.05, 3.63) is 0 Å². The fraction of sp³-hybridized carbons (Fsp3) is 0.933. The minimum atomic E-state index is -4.08. The highest BCUT2D eigenvalue weighted by atomic mass is 32.2. The van der Waals surface area contributed by atoms with Crippen LogP contribution in [-0.2, 0) is 0 Å². The molecule has 2 aliphatic rings. The van der Waals surface area contributed by atoms with Crippen LogP contribution in [0.25, 0.3) is 0 Å². The number of nitrogens with zero attached hydrogens (tertiary/aromatic N) is 1. The topological polar surface area (TPSA) is 56.7 Å². The number of alkyl halides is 3. The lowest BCUT2D eigenvalue weighted by Crippen LogP contribution is -2.48. The molecule has 3 atom stereocenters. The van der Waals surface area contributed by atoms with Crippen LogP contribution in [0.15, 0.2) is 4.99 Å². The van der Waals surface area contributed by atoms with E-state index in [1.165, 1.54) is 0 Å². The van der Waals surface area contributed by atoms with Gasteiger partial charge in [-0.05, 0) is 37.4 Å². The number of halogens is 3. The lowest BCUT2D eigenvalue weighted by Gasteiger charge is -2.31. The average molecular weight is 353 g/mol. The number of nitrogens with one attached hydrogen (secondary N) is 2. The molecule has 23 heavy (non-hydrogen) atoms. The van der Waals surface area contributed by atoms with Crippen LogP contribution in [0.1, 0.15) is 32.1 Å². The molecule has 1 aliphatic carbocycles. The second kappa shape index (κ2) is 7.96. The predicted molar refractivity (Wildman–Crippen MR) is 87.8 cm³/mol. The molecule has 3 N–H and O–H groups in total. The number of thioether (sulfide) groups is 1. The highest BCUT2D eigenvalue weighted by Gasteiger charge is 2.42. The first-order valence-electron chi connectivity index (χ1n) is 8.14. The number of aliphatic hydroxyl groups is 1. The van der Waals surface area contributed by atoms with Crippen LogP contribution in [0.5, 0.6) is 0 Å². The van der Waals surface area contributed by atoms with Gasteiger partial charge in [-0.2, -0.15) is 24.9 Å². The highest BCUT2D eigenvalue weighted by Crippen LogP contribution is 2.39. The molecule has 0 aromatic rings. The number of hydrogen-bond donors (Lipinski definition) is 3. The molecule has 1 saturated heterocycles. The Kier molecular flexibility index (Phi) is 6.48. The highest BCUT2D eigenvalue weighted by molar-refractivity contribution is 7.99. The maximum absolute atomic E-state index is 12.8. The monoisotopic (exact) mass is 353 g/mol. The van der Waals surface area contributed by atoms with Crippen LogP contribution < -0.4 is 10.6 Å². The Morgan fingerprint density at radius 3 is 2.74 bits per heavy atom. The molecule has 1 aliphatic heterocycles. The van der Waals surface area contributed by atoms with Gasteiger partial charge in [-0.1, -0.05) is 6.42 Å². The molecule has 134 valence electrons. The van der Waals surface area contributed by atoms with Crippen molar-refractivity contribution in [2.45, 2.75) is 43.9 Å². The van der Waals surface area contributed by atoms with E-state index in [0.29, 0.717) is 31.2 Å². The van der Waals surface area contributed by atoms with Crippen molar-refractivity contribution in [2.75, 3.05) is 31.6 Å². The summed E-state index contributed by atoms with van der Waals surface area (Å²) in [6.07, 6.45) is -1.46. The van der Waals surface area contributed by atoms with Gasteiger partial charge in [0.05, 0.1) is 11.5 Å². The number of guanidine groups is 1. The van der Waals surface area contributed by atoms with Crippen molar-refractivity contribution in [3.8, 4) is 0 Å². The molecular formula is C15H26F3N3OS. The Labute approximate surface area is 139 Å². The quantitative estimate of drug-likeness (QED) is 0.537. The third-order valence-electron chi connectivity index (χ3n) is 4.69. The number of hydrogen-bond acceptors (Lipinski definition) is 3. The van der Waals surface area contributed by atoms with E-state index in [1.807, 2.05) is 0 Å². The first-order valence-corrected chi connectivity index (χ1v) is 9.29. The molecular weight excluding hydrogens is 327 g/mol. The van der Waals surface area contributed by atoms with Gasteiger partial charge in [0.2, 0.25) is 0 Å². The predicted octanol–water partition coefficient (Wildman–Crippen LogP) is 2.39. The molecule has 8 heteroatoms. The summed E-state index contributed by atoms with van der Waals surface area (Å²) in [5, 5.41) is 16.5. The van der Waals surface area contributed by atoms with E-state index in [2.05, 4.69) is 15.6 Å². The average Bonchev–Trinajstić information content (AvgIpc) is 2.94. The van der Waals surface area contributed by atoms with Crippen LogP contribution in [0.3, 0.4) is 0 Å². The Morgan fingerprint density at radius 1 is 1.35 bits per heavy atom. The summed E-state index contributed by atoms with van der Waals surface area (Å²) in [6, 6.07) is 0. The van der Waals surface area contributed by atoms with Gasteiger partial charge in [-0.25, -0.2) is 0 Å². The summed E-state index contributed by atoms with van der Waals surface area (Å²) in [6.45, 7) is 0.898. The van der Waals surface area contributed by atoms with Crippen LogP contribution in [0.4, 0.5) is 13.2 Å². The maximum atomic E-state index is 12.8. The molecule has 2 rings (SSSR count). The lowest BCUT2D eigenvalue weighted by molar-refractivity contribution is -0.185. The third kappa shape index (κ3) is 5.74. The van der Waals surface area contributed by atoms with Crippen LogP contribution in [-0.4, -0.2) is 54.5 Å². The molecule has 0 aromatic carbocycles. The summed E-state index contributed by atoms with van der Waals surface area (Å²) < 4.78 is 38.5.